The van der Waals surface area contributed by atoms with Crippen LogP contribution in [0, 0.1) is 0 Å². The summed E-state index contributed by atoms with van der Waals surface area (Å²) in [5, 5.41) is 7.70. The van der Waals surface area contributed by atoms with Gasteiger partial charge in [-0.1, -0.05) is 78.3 Å². The second-order valence-corrected chi connectivity index (χ2v) is 6.95. The van der Waals surface area contributed by atoms with Crippen molar-refractivity contribution >= 4 is 17.3 Å². The van der Waals surface area contributed by atoms with Crippen LogP contribution < -0.4 is 4.74 Å². The second-order valence-electron chi connectivity index (χ2n) is 6.54. The van der Waals surface area contributed by atoms with E-state index in [1.54, 1.807) is 0 Å². The Labute approximate surface area is 157 Å². The number of para-hydroxylation sites is 1. The highest BCUT2D eigenvalue weighted by Gasteiger charge is 2.41. The molecule has 0 aromatic heterocycles. The van der Waals surface area contributed by atoms with E-state index >= 15 is 0 Å². The summed E-state index contributed by atoms with van der Waals surface area (Å²) in [6, 6.07) is 26.5. The van der Waals surface area contributed by atoms with E-state index in [9.17, 15) is 0 Å². The summed E-state index contributed by atoms with van der Waals surface area (Å²) in [5.41, 5.74) is 4.34. The number of hydrogen-bond donors (Lipinski definition) is 0. The lowest BCUT2D eigenvalue weighted by atomic mass is 9.96. The molecule has 3 nitrogen and oxygen atoms in total. The molecule has 2 heterocycles. The van der Waals surface area contributed by atoms with E-state index in [4.69, 9.17) is 21.4 Å². The molecule has 4 heteroatoms. The summed E-state index contributed by atoms with van der Waals surface area (Å²) in [5.74, 6) is 0.906. The third-order valence-corrected chi connectivity index (χ3v) is 5.32. The van der Waals surface area contributed by atoms with Crippen LogP contribution >= 0.6 is 11.6 Å². The predicted molar refractivity (Wildman–Crippen MR) is 103 cm³/mol. The van der Waals surface area contributed by atoms with E-state index < -0.39 is 0 Å². The van der Waals surface area contributed by atoms with Crippen molar-refractivity contribution in [2.45, 2.75) is 18.7 Å². The Morgan fingerprint density at radius 3 is 2.35 bits per heavy atom. The molecule has 2 atom stereocenters. The largest absolute Gasteiger partial charge is 0.464 e. The molecule has 0 fully saturated rings. The summed E-state index contributed by atoms with van der Waals surface area (Å²) in [6.07, 6.45) is 0.524. The summed E-state index contributed by atoms with van der Waals surface area (Å²) in [6.45, 7) is 0. The molecule has 0 aliphatic carbocycles. The van der Waals surface area contributed by atoms with E-state index in [0.29, 0.717) is 5.02 Å². The SMILES string of the molecule is Clc1ccccc1[C@H]1Oc2ccccc2[C@H]2CC(c3ccccc3)=NN21. The van der Waals surface area contributed by atoms with Crippen molar-refractivity contribution in [3.05, 3.63) is 101 Å². The fraction of sp³-hybridized carbons (Fsp3) is 0.136. The number of fused-ring (bicyclic) bond motifs is 3. The first kappa shape index (κ1) is 15.5. The van der Waals surface area contributed by atoms with Crippen molar-refractivity contribution < 1.29 is 4.74 Å². The highest BCUT2D eigenvalue weighted by Crippen LogP contribution is 2.48. The molecule has 128 valence electrons. The number of nitrogens with zero attached hydrogens (tertiary/aromatic N) is 2. The molecular formula is C22H17ClN2O. The second kappa shape index (κ2) is 6.19. The van der Waals surface area contributed by atoms with Gasteiger partial charge in [0.1, 0.15) is 5.75 Å². The minimum absolute atomic E-state index is 0.149. The highest BCUT2D eigenvalue weighted by molar-refractivity contribution is 6.31. The predicted octanol–water partition coefficient (Wildman–Crippen LogP) is 5.58. The molecule has 0 bridgehead atoms. The minimum atomic E-state index is -0.329. The van der Waals surface area contributed by atoms with Gasteiger partial charge in [0.25, 0.3) is 0 Å². The Morgan fingerprint density at radius 1 is 0.846 bits per heavy atom. The highest BCUT2D eigenvalue weighted by atomic mass is 35.5. The van der Waals surface area contributed by atoms with Crippen LogP contribution in [0.1, 0.15) is 35.4 Å². The molecule has 3 aromatic carbocycles. The van der Waals surface area contributed by atoms with Crippen molar-refractivity contribution in [2.75, 3.05) is 0 Å². The van der Waals surface area contributed by atoms with E-state index in [1.165, 1.54) is 5.56 Å². The molecule has 3 aromatic rings. The van der Waals surface area contributed by atoms with Gasteiger partial charge in [-0.25, -0.2) is 5.01 Å². The van der Waals surface area contributed by atoms with Crippen LogP contribution in [0.15, 0.2) is 84.0 Å². The van der Waals surface area contributed by atoms with Crippen molar-refractivity contribution in [2.24, 2.45) is 5.10 Å². The Balaban J connectivity index is 1.63. The maximum absolute atomic E-state index is 6.47. The molecule has 0 spiro atoms. The van der Waals surface area contributed by atoms with Gasteiger partial charge in [-0.15, -0.1) is 0 Å². The lowest BCUT2D eigenvalue weighted by Crippen LogP contribution is -2.33. The number of hydrogen-bond acceptors (Lipinski definition) is 3. The molecule has 5 rings (SSSR count). The maximum Gasteiger partial charge on any atom is 0.215 e. The molecule has 0 radical (unpaired) electrons. The van der Waals surface area contributed by atoms with Gasteiger partial charge in [-0.05, 0) is 17.7 Å². The molecule has 0 unspecified atom stereocenters. The average Bonchev–Trinajstić information content (AvgIpc) is 3.14. The molecule has 2 aliphatic heterocycles. The average molecular weight is 361 g/mol. The lowest BCUT2D eigenvalue weighted by Gasteiger charge is -2.38. The van der Waals surface area contributed by atoms with Crippen LogP contribution in [0.5, 0.6) is 5.75 Å². The van der Waals surface area contributed by atoms with Gasteiger partial charge >= 0.3 is 0 Å². The molecule has 2 aliphatic rings. The third kappa shape index (κ3) is 2.47. The number of ether oxygens (including phenoxy) is 1. The van der Waals surface area contributed by atoms with Gasteiger partial charge in [0, 0.05) is 22.6 Å². The Kier molecular flexibility index (Phi) is 3.68. The van der Waals surface area contributed by atoms with Crippen molar-refractivity contribution in [3.8, 4) is 5.75 Å². The fourth-order valence-electron chi connectivity index (χ4n) is 3.72. The van der Waals surface area contributed by atoms with Crippen LogP contribution in [-0.2, 0) is 0 Å². The van der Waals surface area contributed by atoms with Gasteiger partial charge in [0.2, 0.25) is 6.23 Å². The van der Waals surface area contributed by atoms with Crippen LogP contribution in [-0.4, -0.2) is 10.7 Å². The molecule has 0 amide bonds. The number of hydrazone groups is 1. The molecule has 26 heavy (non-hydrogen) atoms. The van der Waals surface area contributed by atoms with Crippen molar-refractivity contribution in [3.63, 3.8) is 0 Å². The molecule has 0 N–H and O–H groups in total. The van der Waals surface area contributed by atoms with Gasteiger partial charge in [0.15, 0.2) is 0 Å². The van der Waals surface area contributed by atoms with Gasteiger partial charge in [-0.3, -0.25) is 0 Å². The quantitative estimate of drug-likeness (QED) is 0.595. The van der Waals surface area contributed by atoms with E-state index in [-0.39, 0.29) is 12.3 Å². The summed E-state index contributed by atoms with van der Waals surface area (Å²) < 4.78 is 6.33. The zero-order valence-corrected chi connectivity index (χ0v) is 14.8. The zero-order valence-electron chi connectivity index (χ0n) is 14.0. The monoisotopic (exact) mass is 360 g/mol. The third-order valence-electron chi connectivity index (χ3n) is 4.98. The van der Waals surface area contributed by atoms with Crippen molar-refractivity contribution in [1.82, 2.24) is 5.01 Å². The molecular weight excluding hydrogens is 344 g/mol. The smallest absolute Gasteiger partial charge is 0.215 e. The Bertz CT molecular complexity index is 986. The normalized spacial score (nSPS) is 20.8. The van der Waals surface area contributed by atoms with Crippen LogP contribution in [0.25, 0.3) is 0 Å². The van der Waals surface area contributed by atoms with Crippen molar-refractivity contribution in [1.29, 1.82) is 0 Å². The van der Waals surface area contributed by atoms with Crippen LogP contribution in [0.4, 0.5) is 0 Å². The standard InChI is InChI=1S/C22H17ClN2O/c23-18-12-6-4-10-16(18)22-25-20(17-11-5-7-13-21(17)26-22)14-19(24-25)15-8-2-1-3-9-15/h1-13,20,22H,14H2/t20-,22-/m1/s1. The van der Waals surface area contributed by atoms with Gasteiger partial charge < -0.3 is 4.74 Å². The number of rotatable bonds is 2. The Hall–Kier alpha value is -2.78. The number of halogens is 1. The van der Waals surface area contributed by atoms with Gasteiger partial charge in [0.05, 0.1) is 11.8 Å². The first-order valence-corrected chi connectivity index (χ1v) is 9.10. The fourth-order valence-corrected chi connectivity index (χ4v) is 3.95. The summed E-state index contributed by atoms with van der Waals surface area (Å²) in [7, 11) is 0. The first-order chi connectivity index (χ1) is 12.8. The molecule has 0 saturated heterocycles. The molecule has 0 saturated carbocycles. The topological polar surface area (TPSA) is 24.8 Å². The maximum atomic E-state index is 6.47. The zero-order chi connectivity index (χ0) is 17.5. The summed E-state index contributed by atoms with van der Waals surface area (Å²) in [4.78, 5) is 0. The summed E-state index contributed by atoms with van der Waals surface area (Å²) >= 11 is 6.47. The van der Waals surface area contributed by atoms with Crippen LogP contribution in [0.3, 0.4) is 0 Å². The first-order valence-electron chi connectivity index (χ1n) is 8.72. The lowest BCUT2D eigenvalue weighted by molar-refractivity contribution is -0.0189. The minimum Gasteiger partial charge on any atom is -0.464 e. The van der Waals surface area contributed by atoms with E-state index in [0.717, 1.165) is 29.0 Å². The number of benzene rings is 3. The van der Waals surface area contributed by atoms with E-state index in [1.807, 2.05) is 54.6 Å². The van der Waals surface area contributed by atoms with Gasteiger partial charge in [-0.2, -0.15) is 5.10 Å². The van der Waals surface area contributed by atoms with Crippen LogP contribution in [0.2, 0.25) is 5.02 Å². The Morgan fingerprint density at radius 2 is 1.54 bits per heavy atom. The van der Waals surface area contributed by atoms with E-state index in [2.05, 4.69) is 29.3 Å².